The summed E-state index contributed by atoms with van der Waals surface area (Å²) < 4.78 is 0. The standard InChI is InChI=1S/C12H15N3OS/c1-7-4-9(6-14-5-7)12(16)15-10(11(13)17)8-2-3-8/h4-6,8,10H,2-3H2,1H3,(H2,13,17)(H,15,16). The first-order valence-corrected chi connectivity index (χ1v) is 6.00. The van der Waals surface area contributed by atoms with Gasteiger partial charge in [-0.3, -0.25) is 9.78 Å². The van der Waals surface area contributed by atoms with E-state index in [9.17, 15) is 4.79 Å². The van der Waals surface area contributed by atoms with Crippen LogP contribution in [0, 0.1) is 12.8 Å². The summed E-state index contributed by atoms with van der Waals surface area (Å²) in [6.45, 7) is 1.90. The van der Waals surface area contributed by atoms with Crippen LogP contribution in [0.1, 0.15) is 28.8 Å². The highest BCUT2D eigenvalue weighted by atomic mass is 32.1. The van der Waals surface area contributed by atoms with Crippen LogP contribution in [-0.4, -0.2) is 21.9 Å². The Labute approximate surface area is 106 Å². The van der Waals surface area contributed by atoms with Crippen molar-refractivity contribution in [1.29, 1.82) is 0 Å². The maximum atomic E-state index is 12.0. The largest absolute Gasteiger partial charge is 0.392 e. The fourth-order valence-corrected chi connectivity index (χ4v) is 2.01. The topological polar surface area (TPSA) is 68.0 Å². The average molecular weight is 249 g/mol. The molecular formula is C12H15N3OS. The van der Waals surface area contributed by atoms with E-state index in [-0.39, 0.29) is 11.9 Å². The molecule has 0 radical (unpaired) electrons. The number of nitrogens with one attached hydrogen (secondary N) is 1. The Bertz CT molecular complexity index is 457. The number of pyridine rings is 1. The number of rotatable bonds is 4. The molecule has 1 aliphatic rings. The van der Waals surface area contributed by atoms with Crippen molar-refractivity contribution in [1.82, 2.24) is 10.3 Å². The van der Waals surface area contributed by atoms with Crippen LogP contribution in [0.2, 0.25) is 0 Å². The lowest BCUT2D eigenvalue weighted by Crippen LogP contribution is -2.45. The molecule has 17 heavy (non-hydrogen) atoms. The Hall–Kier alpha value is -1.49. The van der Waals surface area contributed by atoms with Gasteiger partial charge in [0.25, 0.3) is 5.91 Å². The minimum Gasteiger partial charge on any atom is -0.392 e. The van der Waals surface area contributed by atoms with Crippen molar-refractivity contribution in [2.75, 3.05) is 0 Å². The molecule has 0 aliphatic heterocycles. The molecule has 1 atom stereocenters. The summed E-state index contributed by atoms with van der Waals surface area (Å²) in [5.41, 5.74) is 7.14. The van der Waals surface area contributed by atoms with Gasteiger partial charge in [-0.05, 0) is 37.3 Å². The van der Waals surface area contributed by atoms with E-state index in [1.807, 2.05) is 6.92 Å². The van der Waals surface area contributed by atoms with Crippen LogP contribution in [0.3, 0.4) is 0 Å². The summed E-state index contributed by atoms with van der Waals surface area (Å²) in [6, 6.07) is 1.62. The van der Waals surface area contributed by atoms with Gasteiger partial charge in [-0.2, -0.15) is 0 Å². The van der Waals surface area contributed by atoms with E-state index in [4.69, 9.17) is 18.0 Å². The number of thiocarbonyl (C=S) groups is 1. The average Bonchev–Trinajstić information content (AvgIpc) is 3.09. The molecule has 1 unspecified atom stereocenters. The van der Waals surface area contributed by atoms with Crippen molar-refractivity contribution in [2.45, 2.75) is 25.8 Å². The molecule has 1 saturated carbocycles. The Morgan fingerprint density at radius 3 is 2.82 bits per heavy atom. The van der Waals surface area contributed by atoms with Gasteiger partial charge in [0.05, 0.1) is 16.6 Å². The number of nitrogens with zero attached hydrogens (tertiary/aromatic N) is 1. The Balaban J connectivity index is 2.07. The normalized spacial score (nSPS) is 16.3. The summed E-state index contributed by atoms with van der Waals surface area (Å²) in [5.74, 6) is 0.250. The molecule has 1 aliphatic carbocycles. The molecule has 1 fully saturated rings. The number of carbonyl (C=O) groups is 1. The summed E-state index contributed by atoms with van der Waals surface area (Å²) in [7, 11) is 0. The van der Waals surface area contributed by atoms with Gasteiger partial charge in [-0.15, -0.1) is 0 Å². The van der Waals surface area contributed by atoms with E-state index in [0.717, 1.165) is 18.4 Å². The van der Waals surface area contributed by atoms with Gasteiger partial charge in [0.15, 0.2) is 0 Å². The van der Waals surface area contributed by atoms with Crippen molar-refractivity contribution >= 4 is 23.1 Å². The van der Waals surface area contributed by atoms with E-state index in [1.54, 1.807) is 18.5 Å². The molecular weight excluding hydrogens is 234 g/mol. The fraction of sp³-hybridized carbons (Fsp3) is 0.417. The van der Waals surface area contributed by atoms with Gasteiger partial charge in [-0.1, -0.05) is 12.2 Å². The highest BCUT2D eigenvalue weighted by Gasteiger charge is 2.34. The van der Waals surface area contributed by atoms with Gasteiger partial charge in [-0.25, -0.2) is 0 Å². The van der Waals surface area contributed by atoms with Gasteiger partial charge < -0.3 is 11.1 Å². The first-order valence-electron chi connectivity index (χ1n) is 5.60. The number of hydrogen-bond acceptors (Lipinski definition) is 3. The van der Waals surface area contributed by atoms with Gasteiger partial charge >= 0.3 is 0 Å². The lowest BCUT2D eigenvalue weighted by Gasteiger charge is -2.16. The first kappa shape index (κ1) is 12.0. The maximum absolute atomic E-state index is 12.0. The SMILES string of the molecule is Cc1cncc(C(=O)NC(C(N)=S)C2CC2)c1. The Morgan fingerprint density at radius 2 is 2.29 bits per heavy atom. The van der Waals surface area contributed by atoms with Crippen molar-refractivity contribution in [2.24, 2.45) is 11.7 Å². The highest BCUT2D eigenvalue weighted by Crippen LogP contribution is 2.32. The zero-order valence-corrected chi connectivity index (χ0v) is 10.5. The summed E-state index contributed by atoms with van der Waals surface area (Å²) >= 11 is 4.97. The fourth-order valence-electron chi connectivity index (χ4n) is 1.75. The third kappa shape index (κ3) is 3.00. The molecule has 1 amide bonds. The quantitative estimate of drug-likeness (QED) is 0.786. The van der Waals surface area contributed by atoms with Crippen molar-refractivity contribution < 1.29 is 4.79 Å². The molecule has 90 valence electrons. The molecule has 2 rings (SSSR count). The Morgan fingerprint density at radius 1 is 1.59 bits per heavy atom. The van der Waals surface area contributed by atoms with E-state index in [2.05, 4.69) is 10.3 Å². The molecule has 0 bridgehead atoms. The third-order valence-electron chi connectivity index (χ3n) is 2.82. The van der Waals surface area contributed by atoms with E-state index in [0.29, 0.717) is 16.5 Å². The summed E-state index contributed by atoms with van der Waals surface area (Å²) in [5, 5.41) is 2.88. The van der Waals surface area contributed by atoms with Crippen LogP contribution in [0.4, 0.5) is 0 Å². The lowest BCUT2D eigenvalue weighted by atomic mass is 10.1. The highest BCUT2D eigenvalue weighted by molar-refractivity contribution is 7.80. The smallest absolute Gasteiger partial charge is 0.253 e. The molecule has 0 aromatic carbocycles. The number of amides is 1. The molecule has 4 nitrogen and oxygen atoms in total. The van der Waals surface area contributed by atoms with E-state index >= 15 is 0 Å². The third-order valence-corrected chi connectivity index (χ3v) is 3.08. The monoisotopic (exact) mass is 249 g/mol. The predicted octanol–water partition coefficient (Wildman–Crippen LogP) is 1.18. The minimum atomic E-state index is -0.182. The second-order valence-corrected chi connectivity index (χ2v) is 4.91. The molecule has 3 N–H and O–H groups in total. The number of hydrogen-bond donors (Lipinski definition) is 2. The van der Waals surface area contributed by atoms with Gasteiger partial charge in [0, 0.05) is 12.4 Å². The molecule has 0 spiro atoms. The first-order chi connectivity index (χ1) is 8.08. The Kier molecular flexibility index (Phi) is 3.38. The number of carbonyl (C=O) groups excluding carboxylic acids is 1. The zero-order chi connectivity index (χ0) is 12.4. The second kappa shape index (κ2) is 4.79. The van der Waals surface area contributed by atoms with Crippen LogP contribution in [0.15, 0.2) is 18.5 Å². The van der Waals surface area contributed by atoms with E-state index in [1.165, 1.54) is 0 Å². The summed E-state index contributed by atoms with van der Waals surface area (Å²) in [4.78, 5) is 16.3. The van der Waals surface area contributed by atoms with Crippen molar-refractivity contribution in [3.05, 3.63) is 29.6 Å². The van der Waals surface area contributed by atoms with Gasteiger partial charge in [0.1, 0.15) is 0 Å². The maximum Gasteiger partial charge on any atom is 0.253 e. The summed E-state index contributed by atoms with van der Waals surface area (Å²) in [6.07, 6.45) is 5.41. The van der Waals surface area contributed by atoms with Crippen molar-refractivity contribution in [3.8, 4) is 0 Å². The predicted molar refractivity (Wildman–Crippen MR) is 69.7 cm³/mol. The number of aromatic nitrogens is 1. The van der Waals surface area contributed by atoms with Crippen LogP contribution in [0.5, 0.6) is 0 Å². The minimum absolute atomic E-state index is 0.161. The zero-order valence-electron chi connectivity index (χ0n) is 9.64. The number of nitrogens with two attached hydrogens (primary N) is 1. The van der Waals surface area contributed by atoms with Crippen molar-refractivity contribution in [3.63, 3.8) is 0 Å². The van der Waals surface area contributed by atoms with Crippen LogP contribution in [-0.2, 0) is 0 Å². The molecule has 1 heterocycles. The molecule has 0 saturated heterocycles. The van der Waals surface area contributed by atoms with E-state index < -0.39 is 0 Å². The molecule has 1 aromatic heterocycles. The van der Waals surface area contributed by atoms with Crippen LogP contribution < -0.4 is 11.1 Å². The molecule has 5 heteroatoms. The number of aryl methyl sites for hydroxylation is 1. The van der Waals surface area contributed by atoms with Crippen LogP contribution >= 0.6 is 12.2 Å². The second-order valence-electron chi connectivity index (χ2n) is 4.44. The van der Waals surface area contributed by atoms with Gasteiger partial charge in [0.2, 0.25) is 0 Å². The van der Waals surface area contributed by atoms with Crippen LogP contribution in [0.25, 0.3) is 0 Å². The lowest BCUT2D eigenvalue weighted by molar-refractivity contribution is 0.0943. The molecule has 1 aromatic rings.